The molecule has 2 amide bonds. The second kappa shape index (κ2) is 7.14. The van der Waals surface area contributed by atoms with Crippen molar-refractivity contribution < 1.29 is 9.90 Å². The van der Waals surface area contributed by atoms with Gasteiger partial charge in [-0.3, -0.25) is 0 Å². The molecule has 1 aromatic carbocycles. The zero-order chi connectivity index (χ0) is 18.0. The normalized spacial score (nSPS) is 16.5. The van der Waals surface area contributed by atoms with Gasteiger partial charge in [0.05, 0.1) is 16.8 Å². The summed E-state index contributed by atoms with van der Waals surface area (Å²) >= 11 is 1.62. The average molecular weight is 359 g/mol. The highest BCUT2D eigenvalue weighted by atomic mass is 32.1. The number of carbonyl (C=O) groups excluding carboxylic acids is 1. The molecule has 1 aromatic heterocycles. The lowest BCUT2D eigenvalue weighted by molar-refractivity contribution is 0.0518. The van der Waals surface area contributed by atoms with Crippen LogP contribution in [0.4, 0.5) is 10.5 Å². The van der Waals surface area contributed by atoms with Gasteiger partial charge in [-0.1, -0.05) is 26.0 Å². The van der Waals surface area contributed by atoms with Crippen LogP contribution < -0.4 is 10.6 Å². The maximum Gasteiger partial charge on any atom is 0.319 e. The fourth-order valence-corrected chi connectivity index (χ4v) is 3.72. The quantitative estimate of drug-likeness (QED) is 0.729. The van der Waals surface area contributed by atoms with Crippen molar-refractivity contribution in [3.05, 3.63) is 34.7 Å². The Morgan fingerprint density at radius 1 is 1.32 bits per heavy atom. The van der Waals surface area contributed by atoms with Gasteiger partial charge in [-0.25, -0.2) is 9.78 Å². The number of aryl methyl sites for hydroxylation is 1. The number of aliphatic hydroxyl groups excluding tert-OH is 1. The second-order valence-electron chi connectivity index (χ2n) is 7.19. The summed E-state index contributed by atoms with van der Waals surface area (Å²) in [5, 5.41) is 19.1. The number of amides is 2. The number of nitrogens with zero attached hydrogens (tertiary/aromatic N) is 1. The zero-order valence-corrected chi connectivity index (χ0v) is 15.7. The molecule has 0 spiro atoms. The lowest BCUT2D eigenvalue weighted by Gasteiger charge is -2.25. The van der Waals surface area contributed by atoms with Gasteiger partial charge in [-0.15, -0.1) is 11.3 Å². The van der Waals surface area contributed by atoms with Gasteiger partial charge < -0.3 is 15.7 Å². The number of aliphatic hydroxyl groups is 1. The highest BCUT2D eigenvalue weighted by Gasteiger charge is 2.49. The van der Waals surface area contributed by atoms with Crippen LogP contribution in [0.3, 0.4) is 0 Å². The van der Waals surface area contributed by atoms with Gasteiger partial charge in [0.1, 0.15) is 0 Å². The van der Waals surface area contributed by atoms with Crippen molar-refractivity contribution in [2.75, 3.05) is 11.9 Å². The molecule has 0 unspecified atom stereocenters. The van der Waals surface area contributed by atoms with Crippen LogP contribution in [-0.4, -0.2) is 28.8 Å². The van der Waals surface area contributed by atoms with Crippen LogP contribution >= 0.6 is 11.3 Å². The molecule has 0 radical (unpaired) electrons. The Balaban J connectivity index is 1.53. The maximum absolute atomic E-state index is 12.1. The number of carbonyl (C=O) groups is 1. The smallest absolute Gasteiger partial charge is 0.319 e. The number of anilines is 1. The van der Waals surface area contributed by atoms with E-state index in [2.05, 4.69) is 15.6 Å². The first-order valence-electron chi connectivity index (χ1n) is 8.65. The van der Waals surface area contributed by atoms with Gasteiger partial charge in [0, 0.05) is 28.6 Å². The summed E-state index contributed by atoms with van der Waals surface area (Å²) in [7, 11) is 0. The highest BCUT2D eigenvalue weighted by Crippen LogP contribution is 2.50. The maximum atomic E-state index is 12.1. The van der Waals surface area contributed by atoms with Crippen molar-refractivity contribution in [3.8, 4) is 11.3 Å². The van der Waals surface area contributed by atoms with E-state index < -0.39 is 0 Å². The van der Waals surface area contributed by atoms with Crippen molar-refractivity contribution in [3.63, 3.8) is 0 Å². The third-order valence-electron chi connectivity index (χ3n) is 4.81. The van der Waals surface area contributed by atoms with Crippen LogP contribution in [0.25, 0.3) is 11.3 Å². The molecule has 2 aromatic rings. The van der Waals surface area contributed by atoms with E-state index in [9.17, 15) is 9.90 Å². The van der Waals surface area contributed by atoms with E-state index >= 15 is 0 Å². The lowest BCUT2D eigenvalue weighted by atomic mass is 9.90. The molecule has 0 bridgehead atoms. The largest absolute Gasteiger partial charge is 0.392 e. The first kappa shape index (κ1) is 17.9. The molecular weight excluding hydrogens is 334 g/mol. The minimum absolute atomic E-state index is 0.141. The number of benzene rings is 1. The monoisotopic (exact) mass is 359 g/mol. The molecule has 6 heteroatoms. The summed E-state index contributed by atoms with van der Waals surface area (Å²) in [6, 6.07) is 7.42. The van der Waals surface area contributed by atoms with Crippen LogP contribution in [0.15, 0.2) is 29.6 Å². The molecular formula is C19H25N3O2S. The number of rotatable bonds is 6. The van der Waals surface area contributed by atoms with E-state index in [-0.39, 0.29) is 23.5 Å². The number of nitrogens with one attached hydrogen (secondary N) is 2. The van der Waals surface area contributed by atoms with Gasteiger partial charge in [0.15, 0.2) is 0 Å². The fraction of sp³-hybridized carbons (Fsp3) is 0.474. The molecule has 1 aliphatic rings. The van der Waals surface area contributed by atoms with E-state index in [4.69, 9.17) is 0 Å². The van der Waals surface area contributed by atoms with Crippen molar-refractivity contribution >= 4 is 23.1 Å². The van der Waals surface area contributed by atoms with Crippen LogP contribution in [0.2, 0.25) is 0 Å². The van der Waals surface area contributed by atoms with Crippen molar-refractivity contribution in [2.45, 2.75) is 39.7 Å². The zero-order valence-electron chi connectivity index (χ0n) is 14.9. The van der Waals surface area contributed by atoms with Crippen LogP contribution in [0.5, 0.6) is 0 Å². The SMILES string of the molecule is Cc1nc(-c2ccc(NC(=O)NCC3([C@H](O)C(C)C)CC3)cc2)cs1. The first-order valence-corrected chi connectivity index (χ1v) is 9.53. The Hall–Kier alpha value is -1.92. The summed E-state index contributed by atoms with van der Waals surface area (Å²) in [5.74, 6) is 0.203. The Labute approximate surface area is 152 Å². The Kier molecular flexibility index (Phi) is 5.11. The predicted octanol–water partition coefficient (Wildman–Crippen LogP) is 4.04. The molecule has 134 valence electrons. The molecule has 1 saturated carbocycles. The van der Waals surface area contributed by atoms with Gasteiger partial charge in [0.2, 0.25) is 0 Å². The third kappa shape index (κ3) is 4.19. The summed E-state index contributed by atoms with van der Waals surface area (Å²) in [6.07, 6.45) is 1.57. The number of urea groups is 1. The minimum Gasteiger partial charge on any atom is -0.392 e. The van der Waals surface area contributed by atoms with Crippen LogP contribution in [0.1, 0.15) is 31.7 Å². The van der Waals surface area contributed by atoms with Crippen LogP contribution in [-0.2, 0) is 0 Å². The molecule has 0 aliphatic heterocycles. The van der Waals surface area contributed by atoms with Crippen LogP contribution in [0, 0.1) is 18.3 Å². The summed E-state index contributed by atoms with van der Waals surface area (Å²) in [4.78, 5) is 16.6. The average Bonchev–Trinajstić information content (AvgIpc) is 3.26. The van der Waals surface area contributed by atoms with E-state index in [1.165, 1.54) is 0 Å². The number of aromatic nitrogens is 1. The molecule has 1 fully saturated rings. The molecule has 3 N–H and O–H groups in total. The molecule has 1 aliphatic carbocycles. The first-order chi connectivity index (χ1) is 11.9. The third-order valence-corrected chi connectivity index (χ3v) is 5.58. The second-order valence-corrected chi connectivity index (χ2v) is 8.25. The molecule has 5 nitrogen and oxygen atoms in total. The molecule has 0 saturated heterocycles. The summed E-state index contributed by atoms with van der Waals surface area (Å²) < 4.78 is 0. The Morgan fingerprint density at radius 2 is 2.00 bits per heavy atom. The summed E-state index contributed by atoms with van der Waals surface area (Å²) in [5.41, 5.74) is 2.59. The van der Waals surface area contributed by atoms with Crippen molar-refractivity contribution in [2.24, 2.45) is 11.3 Å². The Bertz CT molecular complexity index is 735. The van der Waals surface area contributed by atoms with Gasteiger partial charge >= 0.3 is 6.03 Å². The molecule has 25 heavy (non-hydrogen) atoms. The van der Waals surface area contributed by atoms with E-state index in [0.717, 1.165) is 34.8 Å². The molecule has 1 atom stereocenters. The standard InChI is InChI=1S/C19H25N3O2S/c1-12(2)17(23)19(8-9-19)11-20-18(24)22-15-6-4-14(5-7-15)16-10-25-13(3)21-16/h4-7,10,12,17,23H,8-9,11H2,1-3H3,(H2,20,22,24)/t17-/m1/s1. The topological polar surface area (TPSA) is 74.2 Å². The highest BCUT2D eigenvalue weighted by molar-refractivity contribution is 7.09. The van der Waals surface area contributed by atoms with Crippen molar-refractivity contribution in [1.82, 2.24) is 10.3 Å². The van der Waals surface area contributed by atoms with Gasteiger partial charge in [-0.05, 0) is 37.8 Å². The molecule has 3 rings (SSSR count). The van der Waals surface area contributed by atoms with E-state index in [1.807, 2.05) is 50.4 Å². The Morgan fingerprint density at radius 3 is 2.52 bits per heavy atom. The fourth-order valence-electron chi connectivity index (χ4n) is 3.10. The number of thiazole rings is 1. The molecule has 1 heterocycles. The van der Waals surface area contributed by atoms with E-state index in [0.29, 0.717) is 6.54 Å². The summed E-state index contributed by atoms with van der Waals surface area (Å²) in [6.45, 7) is 6.51. The lowest BCUT2D eigenvalue weighted by Crippen LogP contribution is -2.40. The van der Waals surface area contributed by atoms with E-state index in [1.54, 1.807) is 11.3 Å². The number of hydrogen-bond acceptors (Lipinski definition) is 4. The number of hydrogen-bond donors (Lipinski definition) is 3. The van der Waals surface area contributed by atoms with Gasteiger partial charge in [0.25, 0.3) is 0 Å². The van der Waals surface area contributed by atoms with Gasteiger partial charge in [-0.2, -0.15) is 0 Å². The van der Waals surface area contributed by atoms with Crippen molar-refractivity contribution in [1.29, 1.82) is 0 Å². The predicted molar refractivity (Wildman–Crippen MR) is 102 cm³/mol. The minimum atomic E-state index is -0.367.